The zero-order valence-corrected chi connectivity index (χ0v) is 14.3. The summed E-state index contributed by atoms with van der Waals surface area (Å²) in [5.74, 6) is 6.60. The molecular weight excluding hydrogens is 324 g/mol. The van der Waals surface area contributed by atoms with Crippen molar-refractivity contribution in [3.63, 3.8) is 0 Å². The molecule has 4 aromatic carbocycles. The molecule has 0 amide bonds. The van der Waals surface area contributed by atoms with Gasteiger partial charge in [-0.2, -0.15) is 0 Å². The Bertz CT molecular complexity index is 1100. The predicted octanol–water partition coefficient (Wildman–Crippen LogP) is 6.56. The lowest BCUT2D eigenvalue weighted by atomic mass is 9.99. The molecule has 0 radical (unpaired) electrons. The molecule has 0 spiro atoms. The lowest BCUT2D eigenvalue weighted by Crippen LogP contribution is -1.85. The molecule has 0 N–H and O–H groups in total. The summed E-state index contributed by atoms with van der Waals surface area (Å²) < 4.78 is 0. The van der Waals surface area contributed by atoms with E-state index in [1.165, 1.54) is 10.8 Å². The Morgan fingerprint density at radius 2 is 1.36 bits per heavy atom. The number of fused-ring (bicyclic) bond motifs is 1. The van der Waals surface area contributed by atoms with Crippen molar-refractivity contribution in [1.29, 1.82) is 0 Å². The fourth-order valence-electron chi connectivity index (χ4n) is 2.89. The van der Waals surface area contributed by atoms with E-state index in [0.717, 1.165) is 27.3 Å². The molecular formula is C24H15Cl. The fourth-order valence-corrected chi connectivity index (χ4v) is 3.06. The van der Waals surface area contributed by atoms with Crippen molar-refractivity contribution in [2.75, 3.05) is 0 Å². The maximum Gasteiger partial charge on any atom is 0.0413 e. The number of halogens is 1. The highest BCUT2D eigenvalue weighted by Crippen LogP contribution is 2.26. The highest BCUT2D eigenvalue weighted by Gasteiger charge is 2.04. The molecule has 0 bridgehead atoms. The zero-order valence-electron chi connectivity index (χ0n) is 13.5. The number of benzene rings is 4. The van der Waals surface area contributed by atoms with E-state index in [1.54, 1.807) is 0 Å². The second-order valence-corrected chi connectivity index (χ2v) is 6.30. The highest BCUT2D eigenvalue weighted by molar-refractivity contribution is 6.30. The standard InChI is InChI=1S/C24H15Cl/c25-23-15-14-21(24(17-23)20-7-2-1-3-8-20)13-11-18-10-12-19-6-4-5-9-22(19)16-18/h1-10,12,14-17H. The summed E-state index contributed by atoms with van der Waals surface area (Å²) in [5, 5.41) is 3.15. The second kappa shape index (κ2) is 6.85. The van der Waals surface area contributed by atoms with E-state index in [2.05, 4.69) is 54.3 Å². The largest absolute Gasteiger partial charge is 0.0843 e. The van der Waals surface area contributed by atoms with Crippen molar-refractivity contribution in [3.05, 3.63) is 107 Å². The summed E-state index contributed by atoms with van der Waals surface area (Å²) in [6.45, 7) is 0. The summed E-state index contributed by atoms with van der Waals surface area (Å²) in [4.78, 5) is 0. The van der Waals surface area contributed by atoms with Gasteiger partial charge in [-0.1, -0.05) is 84.1 Å². The molecule has 25 heavy (non-hydrogen) atoms. The van der Waals surface area contributed by atoms with E-state index < -0.39 is 0 Å². The third kappa shape index (κ3) is 3.43. The molecule has 118 valence electrons. The molecule has 0 aliphatic rings. The average molecular weight is 339 g/mol. The minimum Gasteiger partial charge on any atom is -0.0843 e. The van der Waals surface area contributed by atoms with Gasteiger partial charge in [0.2, 0.25) is 0 Å². The molecule has 0 fully saturated rings. The van der Waals surface area contributed by atoms with Crippen LogP contribution in [0.15, 0.2) is 91.0 Å². The van der Waals surface area contributed by atoms with Gasteiger partial charge in [0.15, 0.2) is 0 Å². The molecule has 0 saturated heterocycles. The van der Waals surface area contributed by atoms with Crippen LogP contribution in [0, 0.1) is 11.8 Å². The second-order valence-electron chi connectivity index (χ2n) is 5.87. The van der Waals surface area contributed by atoms with Gasteiger partial charge >= 0.3 is 0 Å². The fraction of sp³-hybridized carbons (Fsp3) is 0. The van der Waals surface area contributed by atoms with Gasteiger partial charge in [-0.05, 0) is 52.2 Å². The van der Waals surface area contributed by atoms with Gasteiger partial charge in [-0.3, -0.25) is 0 Å². The van der Waals surface area contributed by atoms with Crippen LogP contribution in [0.5, 0.6) is 0 Å². The van der Waals surface area contributed by atoms with Crippen LogP contribution < -0.4 is 0 Å². The summed E-state index contributed by atoms with van der Waals surface area (Å²) in [7, 11) is 0. The van der Waals surface area contributed by atoms with Crippen LogP contribution in [0.3, 0.4) is 0 Å². The predicted molar refractivity (Wildman–Crippen MR) is 107 cm³/mol. The van der Waals surface area contributed by atoms with Crippen molar-refractivity contribution in [2.24, 2.45) is 0 Å². The van der Waals surface area contributed by atoms with Crippen molar-refractivity contribution in [2.45, 2.75) is 0 Å². The smallest absolute Gasteiger partial charge is 0.0413 e. The van der Waals surface area contributed by atoms with Crippen LogP contribution in [0.1, 0.15) is 11.1 Å². The van der Waals surface area contributed by atoms with E-state index in [9.17, 15) is 0 Å². The molecule has 1 heteroatoms. The molecule has 0 nitrogen and oxygen atoms in total. The lowest BCUT2D eigenvalue weighted by molar-refractivity contribution is 1.58. The third-order valence-electron chi connectivity index (χ3n) is 4.16. The Morgan fingerprint density at radius 3 is 2.20 bits per heavy atom. The molecule has 0 atom stereocenters. The average Bonchev–Trinajstić information content (AvgIpc) is 2.67. The molecule has 0 unspecified atom stereocenters. The summed E-state index contributed by atoms with van der Waals surface area (Å²) in [6.07, 6.45) is 0. The van der Waals surface area contributed by atoms with Gasteiger partial charge in [0.1, 0.15) is 0 Å². The zero-order chi connectivity index (χ0) is 17.1. The Balaban J connectivity index is 1.77. The van der Waals surface area contributed by atoms with Crippen molar-refractivity contribution < 1.29 is 0 Å². The molecule has 4 rings (SSSR count). The Labute approximate surface area is 152 Å². The topological polar surface area (TPSA) is 0 Å². The van der Waals surface area contributed by atoms with E-state index >= 15 is 0 Å². The number of hydrogen-bond acceptors (Lipinski definition) is 0. The Morgan fingerprint density at radius 1 is 0.600 bits per heavy atom. The first-order valence-corrected chi connectivity index (χ1v) is 8.53. The maximum absolute atomic E-state index is 6.20. The quantitative estimate of drug-likeness (QED) is 0.345. The van der Waals surface area contributed by atoms with Gasteiger partial charge in [0, 0.05) is 16.1 Å². The van der Waals surface area contributed by atoms with Crippen LogP contribution in [0.25, 0.3) is 21.9 Å². The first-order chi connectivity index (χ1) is 12.3. The minimum atomic E-state index is 0.718. The first kappa shape index (κ1) is 15.5. The number of hydrogen-bond donors (Lipinski definition) is 0. The summed E-state index contributed by atoms with van der Waals surface area (Å²) in [5.41, 5.74) is 4.16. The molecule has 0 aromatic heterocycles. The molecule has 0 heterocycles. The molecule has 0 aliphatic carbocycles. The van der Waals surface area contributed by atoms with Gasteiger partial charge in [0.05, 0.1) is 0 Å². The van der Waals surface area contributed by atoms with Gasteiger partial charge < -0.3 is 0 Å². The van der Waals surface area contributed by atoms with E-state index in [-0.39, 0.29) is 0 Å². The SMILES string of the molecule is Clc1ccc(C#Cc2ccc3ccccc3c2)c(-c2ccccc2)c1. The van der Waals surface area contributed by atoms with Crippen molar-refractivity contribution >= 4 is 22.4 Å². The normalized spacial score (nSPS) is 10.3. The van der Waals surface area contributed by atoms with Crippen molar-refractivity contribution in [1.82, 2.24) is 0 Å². The highest BCUT2D eigenvalue weighted by atomic mass is 35.5. The van der Waals surface area contributed by atoms with Crippen LogP contribution in [-0.2, 0) is 0 Å². The van der Waals surface area contributed by atoms with E-state index in [0.29, 0.717) is 0 Å². The van der Waals surface area contributed by atoms with Crippen molar-refractivity contribution in [3.8, 4) is 23.0 Å². The Hall–Kier alpha value is -3.01. The lowest BCUT2D eigenvalue weighted by Gasteiger charge is -2.05. The van der Waals surface area contributed by atoms with Crippen LogP contribution in [0.2, 0.25) is 5.02 Å². The molecule has 0 aliphatic heterocycles. The van der Waals surface area contributed by atoms with Crippen LogP contribution in [0.4, 0.5) is 0 Å². The summed E-state index contributed by atoms with van der Waals surface area (Å²) in [6, 6.07) is 30.7. The molecule has 0 saturated carbocycles. The first-order valence-electron chi connectivity index (χ1n) is 8.15. The van der Waals surface area contributed by atoms with Gasteiger partial charge in [-0.25, -0.2) is 0 Å². The minimum absolute atomic E-state index is 0.718. The maximum atomic E-state index is 6.20. The molecule has 4 aromatic rings. The van der Waals surface area contributed by atoms with E-state index in [1.807, 2.05) is 48.5 Å². The van der Waals surface area contributed by atoms with Gasteiger partial charge in [-0.15, -0.1) is 0 Å². The number of rotatable bonds is 1. The van der Waals surface area contributed by atoms with Crippen LogP contribution >= 0.6 is 11.6 Å². The Kier molecular flexibility index (Phi) is 4.25. The van der Waals surface area contributed by atoms with E-state index in [4.69, 9.17) is 11.6 Å². The van der Waals surface area contributed by atoms with Gasteiger partial charge in [0.25, 0.3) is 0 Å². The third-order valence-corrected chi connectivity index (χ3v) is 4.39. The monoisotopic (exact) mass is 338 g/mol. The van der Waals surface area contributed by atoms with Crippen LogP contribution in [-0.4, -0.2) is 0 Å². The summed E-state index contributed by atoms with van der Waals surface area (Å²) >= 11 is 6.20.